The summed E-state index contributed by atoms with van der Waals surface area (Å²) in [4.78, 5) is 26.4. The molecule has 1 saturated heterocycles. The van der Waals surface area contributed by atoms with Crippen molar-refractivity contribution in [1.82, 2.24) is 4.98 Å². The summed E-state index contributed by atoms with van der Waals surface area (Å²) in [5, 5.41) is 0. The van der Waals surface area contributed by atoms with E-state index in [2.05, 4.69) is 9.72 Å². The number of carbonyl (C=O) groups excluding carboxylic acids is 2. The van der Waals surface area contributed by atoms with Crippen molar-refractivity contribution in [1.29, 1.82) is 0 Å². The molecule has 0 unspecified atom stereocenters. The van der Waals surface area contributed by atoms with Crippen LogP contribution in [0.25, 0.3) is 0 Å². The Kier molecular flexibility index (Phi) is 2.85. The normalized spacial score (nSPS) is 17.1. The first-order valence-electron chi connectivity index (χ1n) is 4.93. The fourth-order valence-corrected chi connectivity index (χ4v) is 1.67. The number of aromatic nitrogens is 1. The van der Waals surface area contributed by atoms with Crippen LogP contribution >= 0.6 is 0 Å². The van der Waals surface area contributed by atoms with Gasteiger partial charge in [0.15, 0.2) is 0 Å². The Bertz CT molecular complexity index is 414. The minimum atomic E-state index is -0.495. The summed E-state index contributed by atoms with van der Waals surface area (Å²) in [6, 6.07) is 5.27. The quantitative estimate of drug-likeness (QED) is 0.551. The van der Waals surface area contributed by atoms with Gasteiger partial charge in [-0.25, -0.2) is 4.98 Å². The molecule has 84 valence electrons. The molecule has 0 spiro atoms. The van der Waals surface area contributed by atoms with E-state index in [1.54, 1.807) is 18.2 Å². The molecule has 0 aliphatic carbocycles. The van der Waals surface area contributed by atoms with E-state index in [0.29, 0.717) is 11.6 Å². The van der Waals surface area contributed by atoms with Gasteiger partial charge in [-0.2, -0.15) is 0 Å². The molecule has 2 heterocycles. The van der Waals surface area contributed by atoms with Crippen molar-refractivity contribution in [2.45, 2.75) is 18.8 Å². The van der Waals surface area contributed by atoms with E-state index in [-0.39, 0.29) is 18.8 Å². The number of ether oxygens (including phenoxy) is 2. The number of carbonyl (C=O) groups is 2. The van der Waals surface area contributed by atoms with E-state index in [1.165, 1.54) is 7.11 Å². The minimum absolute atomic E-state index is 0.186. The Balaban J connectivity index is 2.22. The molecule has 0 N–H and O–H groups in total. The molecule has 5 nitrogen and oxygen atoms in total. The summed E-state index contributed by atoms with van der Waals surface area (Å²) in [5.41, 5.74) is 0.685. The zero-order valence-corrected chi connectivity index (χ0v) is 8.80. The predicted octanol–water partition coefficient (Wildman–Crippen LogP) is 1.04. The fraction of sp³-hybridized carbons (Fsp3) is 0.364. The van der Waals surface area contributed by atoms with Crippen molar-refractivity contribution in [3.05, 3.63) is 23.9 Å². The van der Waals surface area contributed by atoms with Crippen LogP contribution in [0.3, 0.4) is 0 Å². The van der Waals surface area contributed by atoms with Crippen molar-refractivity contribution in [2.75, 3.05) is 7.11 Å². The van der Waals surface area contributed by atoms with Crippen molar-refractivity contribution in [2.24, 2.45) is 0 Å². The lowest BCUT2D eigenvalue weighted by atomic mass is 9.95. The fourth-order valence-electron chi connectivity index (χ4n) is 1.67. The number of methoxy groups -OCH3 is 1. The standard InChI is InChI=1S/C11H11NO4/c1-15-9-4-2-3-8(12-9)7-5-10(13)16-11(14)6-7/h2-4,7H,5-6H2,1H3. The number of hydrogen-bond donors (Lipinski definition) is 0. The van der Waals surface area contributed by atoms with Gasteiger partial charge in [-0.15, -0.1) is 0 Å². The first kappa shape index (κ1) is 10.6. The summed E-state index contributed by atoms with van der Waals surface area (Å²) in [7, 11) is 1.52. The molecule has 2 rings (SSSR count). The van der Waals surface area contributed by atoms with Crippen molar-refractivity contribution >= 4 is 11.9 Å². The largest absolute Gasteiger partial charge is 0.481 e. The third kappa shape index (κ3) is 2.18. The molecule has 1 aliphatic heterocycles. The lowest BCUT2D eigenvalue weighted by molar-refractivity contribution is -0.164. The van der Waals surface area contributed by atoms with E-state index in [4.69, 9.17) is 4.74 Å². The summed E-state index contributed by atoms with van der Waals surface area (Å²) in [6.45, 7) is 0. The highest BCUT2D eigenvalue weighted by atomic mass is 16.6. The van der Waals surface area contributed by atoms with Crippen LogP contribution in [0.2, 0.25) is 0 Å². The third-order valence-corrected chi connectivity index (χ3v) is 2.43. The van der Waals surface area contributed by atoms with Gasteiger partial charge in [0.05, 0.1) is 20.0 Å². The number of pyridine rings is 1. The second kappa shape index (κ2) is 4.30. The molecule has 0 amide bonds. The molecule has 0 radical (unpaired) electrons. The number of esters is 2. The van der Waals surface area contributed by atoms with Gasteiger partial charge in [0.2, 0.25) is 5.88 Å². The van der Waals surface area contributed by atoms with Crippen LogP contribution in [0, 0.1) is 0 Å². The summed E-state index contributed by atoms with van der Waals surface area (Å²) < 4.78 is 9.44. The maximum absolute atomic E-state index is 11.1. The highest BCUT2D eigenvalue weighted by Gasteiger charge is 2.29. The molecule has 16 heavy (non-hydrogen) atoms. The highest BCUT2D eigenvalue weighted by molar-refractivity contribution is 5.89. The lowest BCUT2D eigenvalue weighted by Gasteiger charge is -2.19. The minimum Gasteiger partial charge on any atom is -0.481 e. The van der Waals surface area contributed by atoms with E-state index >= 15 is 0 Å². The zero-order valence-electron chi connectivity index (χ0n) is 8.80. The van der Waals surface area contributed by atoms with Gasteiger partial charge in [-0.05, 0) is 6.07 Å². The molecule has 0 saturated carbocycles. The van der Waals surface area contributed by atoms with Crippen molar-refractivity contribution < 1.29 is 19.1 Å². The number of rotatable bonds is 2. The average molecular weight is 221 g/mol. The Morgan fingerprint density at radius 1 is 1.31 bits per heavy atom. The van der Waals surface area contributed by atoms with Crippen LogP contribution in [0.5, 0.6) is 5.88 Å². The Hall–Kier alpha value is -1.91. The maximum atomic E-state index is 11.1. The smallest absolute Gasteiger partial charge is 0.314 e. The average Bonchev–Trinajstić information content (AvgIpc) is 2.28. The summed E-state index contributed by atoms with van der Waals surface area (Å²) >= 11 is 0. The predicted molar refractivity (Wildman–Crippen MR) is 53.9 cm³/mol. The molecular weight excluding hydrogens is 210 g/mol. The molecule has 0 atom stereocenters. The summed E-state index contributed by atoms with van der Waals surface area (Å²) in [5.74, 6) is -0.718. The topological polar surface area (TPSA) is 65.5 Å². The Labute approximate surface area is 92.4 Å². The monoisotopic (exact) mass is 221 g/mol. The maximum Gasteiger partial charge on any atom is 0.314 e. The first-order chi connectivity index (χ1) is 7.69. The van der Waals surface area contributed by atoms with Crippen LogP contribution in [0.1, 0.15) is 24.5 Å². The second-order valence-corrected chi connectivity index (χ2v) is 3.56. The van der Waals surface area contributed by atoms with Crippen molar-refractivity contribution in [3.63, 3.8) is 0 Å². The molecule has 1 aromatic rings. The number of nitrogens with zero attached hydrogens (tertiary/aromatic N) is 1. The molecule has 1 aromatic heterocycles. The molecule has 5 heteroatoms. The van der Waals surface area contributed by atoms with Gasteiger partial charge in [-0.1, -0.05) is 6.07 Å². The highest BCUT2D eigenvalue weighted by Crippen LogP contribution is 2.27. The van der Waals surface area contributed by atoms with Crippen molar-refractivity contribution in [3.8, 4) is 5.88 Å². The molecule has 0 aromatic carbocycles. The van der Waals surface area contributed by atoms with Gasteiger partial charge in [0.25, 0.3) is 0 Å². The number of cyclic esters (lactones) is 2. The number of hydrogen-bond acceptors (Lipinski definition) is 5. The van der Waals surface area contributed by atoms with E-state index < -0.39 is 11.9 Å². The van der Waals surface area contributed by atoms with E-state index in [1.807, 2.05) is 0 Å². The van der Waals surface area contributed by atoms with Crippen LogP contribution in [0.15, 0.2) is 18.2 Å². The Morgan fingerprint density at radius 3 is 2.62 bits per heavy atom. The van der Waals surface area contributed by atoms with Crippen LogP contribution in [0.4, 0.5) is 0 Å². The van der Waals surface area contributed by atoms with Gasteiger partial charge in [0.1, 0.15) is 0 Å². The summed E-state index contributed by atoms with van der Waals surface area (Å²) in [6.07, 6.45) is 0.373. The van der Waals surface area contributed by atoms with Crippen LogP contribution in [-0.4, -0.2) is 24.0 Å². The molecular formula is C11H11NO4. The Morgan fingerprint density at radius 2 is 2.00 bits per heavy atom. The SMILES string of the molecule is COc1cccc(C2CC(=O)OC(=O)C2)n1. The second-order valence-electron chi connectivity index (χ2n) is 3.56. The molecule has 1 aliphatic rings. The van der Waals surface area contributed by atoms with Gasteiger partial charge < -0.3 is 9.47 Å². The zero-order chi connectivity index (χ0) is 11.5. The first-order valence-corrected chi connectivity index (χ1v) is 4.93. The lowest BCUT2D eigenvalue weighted by Crippen LogP contribution is -2.24. The molecule has 0 bridgehead atoms. The van der Waals surface area contributed by atoms with Gasteiger partial charge in [0, 0.05) is 17.7 Å². The van der Waals surface area contributed by atoms with E-state index in [0.717, 1.165) is 0 Å². The van der Waals surface area contributed by atoms with E-state index in [9.17, 15) is 9.59 Å². The van der Waals surface area contributed by atoms with Gasteiger partial charge >= 0.3 is 11.9 Å². The van der Waals surface area contributed by atoms with Crippen LogP contribution in [-0.2, 0) is 14.3 Å². The van der Waals surface area contributed by atoms with Crippen LogP contribution < -0.4 is 4.74 Å². The van der Waals surface area contributed by atoms with Gasteiger partial charge in [-0.3, -0.25) is 9.59 Å². The molecule has 1 fully saturated rings. The third-order valence-electron chi connectivity index (χ3n) is 2.43.